The van der Waals surface area contributed by atoms with Crippen LogP contribution < -0.4 is 0 Å². The molecule has 0 aliphatic carbocycles. The number of piperidine rings is 1. The second-order valence-corrected chi connectivity index (χ2v) is 4.59. The third-order valence-corrected chi connectivity index (χ3v) is 3.24. The van der Waals surface area contributed by atoms with Crippen molar-refractivity contribution in [3.63, 3.8) is 0 Å². The smallest absolute Gasteiger partial charge is 0.187 e. The number of nitrogens with zero attached hydrogens (tertiary/aromatic N) is 1. The number of allylic oxidation sites excluding steroid dienone is 1. The van der Waals surface area contributed by atoms with Crippen molar-refractivity contribution >= 4 is 5.78 Å². The monoisotopic (exact) mass is 229 g/mol. The molecule has 0 aromatic heterocycles. The van der Waals surface area contributed by atoms with E-state index >= 15 is 0 Å². The first-order chi connectivity index (χ1) is 8.27. The lowest BCUT2D eigenvalue weighted by molar-refractivity contribution is 0.104. The van der Waals surface area contributed by atoms with Gasteiger partial charge in [-0.05, 0) is 31.7 Å². The van der Waals surface area contributed by atoms with Crippen LogP contribution in [-0.4, -0.2) is 23.8 Å². The average molecular weight is 229 g/mol. The SMILES string of the molecule is Cc1ccccc1C(=O)/C=C/N1CCCCC1. The van der Waals surface area contributed by atoms with Gasteiger partial charge >= 0.3 is 0 Å². The van der Waals surface area contributed by atoms with Gasteiger partial charge in [0.1, 0.15) is 0 Å². The van der Waals surface area contributed by atoms with Crippen molar-refractivity contribution in [1.82, 2.24) is 4.90 Å². The standard InChI is InChI=1S/C15H19NO/c1-13-7-3-4-8-14(13)15(17)9-12-16-10-5-2-6-11-16/h3-4,7-9,12H,2,5-6,10-11H2,1H3/b12-9+. The summed E-state index contributed by atoms with van der Waals surface area (Å²) in [5, 5.41) is 0. The predicted molar refractivity (Wildman–Crippen MR) is 70.1 cm³/mol. The second kappa shape index (κ2) is 5.67. The number of rotatable bonds is 3. The molecule has 0 saturated carbocycles. The summed E-state index contributed by atoms with van der Waals surface area (Å²) in [5.41, 5.74) is 1.85. The molecule has 0 radical (unpaired) electrons. The Morgan fingerprint density at radius 1 is 1.18 bits per heavy atom. The molecule has 0 atom stereocenters. The van der Waals surface area contributed by atoms with Gasteiger partial charge < -0.3 is 4.90 Å². The maximum atomic E-state index is 12.0. The topological polar surface area (TPSA) is 20.3 Å². The van der Waals surface area contributed by atoms with Crippen molar-refractivity contribution in [2.24, 2.45) is 0 Å². The Morgan fingerprint density at radius 2 is 1.88 bits per heavy atom. The maximum Gasteiger partial charge on any atom is 0.187 e. The summed E-state index contributed by atoms with van der Waals surface area (Å²) in [7, 11) is 0. The van der Waals surface area contributed by atoms with Crippen LogP contribution in [0.25, 0.3) is 0 Å². The van der Waals surface area contributed by atoms with Crippen LogP contribution in [0.3, 0.4) is 0 Å². The highest BCUT2D eigenvalue weighted by Gasteiger charge is 2.07. The normalized spacial score (nSPS) is 16.4. The van der Waals surface area contributed by atoms with Gasteiger partial charge in [-0.3, -0.25) is 4.79 Å². The zero-order valence-corrected chi connectivity index (χ0v) is 10.4. The predicted octanol–water partition coefficient (Wildman–Crippen LogP) is 3.18. The molecule has 2 nitrogen and oxygen atoms in total. The molecule has 1 aromatic rings. The number of carbonyl (C=O) groups is 1. The molecule has 0 bridgehead atoms. The minimum atomic E-state index is 0.105. The third-order valence-electron chi connectivity index (χ3n) is 3.24. The Labute approximate surface area is 103 Å². The van der Waals surface area contributed by atoms with Gasteiger partial charge in [0.15, 0.2) is 5.78 Å². The number of hydrogen-bond acceptors (Lipinski definition) is 2. The number of aryl methyl sites for hydroxylation is 1. The number of ketones is 1. The van der Waals surface area contributed by atoms with E-state index in [4.69, 9.17) is 0 Å². The van der Waals surface area contributed by atoms with Crippen molar-refractivity contribution in [1.29, 1.82) is 0 Å². The first-order valence-electron chi connectivity index (χ1n) is 6.29. The number of benzene rings is 1. The molecule has 1 aliphatic heterocycles. The number of hydrogen-bond donors (Lipinski definition) is 0. The van der Waals surface area contributed by atoms with Gasteiger partial charge in [0.2, 0.25) is 0 Å². The fourth-order valence-corrected chi connectivity index (χ4v) is 2.18. The lowest BCUT2D eigenvalue weighted by Crippen LogP contribution is -2.24. The van der Waals surface area contributed by atoms with E-state index in [1.807, 2.05) is 37.4 Å². The molecule has 17 heavy (non-hydrogen) atoms. The lowest BCUT2D eigenvalue weighted by atomic mass is 10.0. The van der Waals surface area contributed by atoms with Crippen molar-refractivity contribution in [3.05, 3.63) is 47.7 Å². The van der Waals surface area contributed by atoms with Crippen LogP contribution in [0.1, 0.15) is 35.2 Å². The van der Waals surface area contributed by atoms with E-state index in [-0.39, 0.29) is 5.78 Å². The zero-order valence-electron chi connectivity index (χ0n) is 10.4. The molecule has 1 saturated heterocycles. The zero-order chi connectivity index (χ0) is 12.1. The summed E-state index contributed by atoms with van der Waals surface area (Å²) in [4.78, 5) is 14.2. The summed E-state index contributed by atoms with van der Waals surface area (Å²) >= 11 is 0. The Kier molecular flexibility index (Phi) is 3.97. The Hall–Kier alpha value is -1.57. The molecule has 0 spiro atoms. The highest BCUT2D eigenvalue weighted by atomic mass is 16.1. The van der Waals surface area contributed by atoms with E-state index in [0.717, 1.165) is 24.2 Å². The van der Waals surface area contributed by atoms with Crippen LogP contribution >= 0.6 is 0 Å². The number of carbonyl (C=O) groups excluding carboxylic acids is 1. The number of likely N-dealkylation sites (tertiary alicyclic amines) is 1. The molecule has 2 rings (SSSR count). The molecular formula is C15H19NO. The summed E-state index contributed by atoms with van der Waals surface area (Å²) in [6, 6.07) is 7.73. The van der Waals surface area contributed by atoms with Crippen LogP contribution in [0.5, 0.6) is 0 Å². The average Bonchev–Trinajstić information content (AvgIpc) is 2.38. The quantitative estimate of drug-likeness (QED) is 0.586. The Bertz CT molecular complexity index is 417. The van der Waals surface area contributed by atoms with Gasteiger partial charge in [-0.25, -0.2) is 0 Å². The maximum absolute atomic E-state index is 12.0. The van der Waals surface area contributed by atoms with Crippen LogP contribution in [0.15, 0.2) is 36.5 Å². The van der Waals surface area contributed by atoms with E-state index in [9.17, 15) is 4.79 Å². The van der Waals surface area contributed by atoms with Gasteiger partial charge in [-0.2, -0.15) is 0 Å². The highest BCUT2D eigenvalue weighted by molar-refractivity contribution is 6.05. The van der Waals surface area contributed by atoms with Crippen LogP contribution in [0.4, 0.5) is 0 Å². The van der Waals surface area contributed by atoms with Crippen molar-refractivity contribution in [3.8, 4) is 0 Å². The van der Waals surface area contributed by atoms with Crippen LogP contribution in [0, 0.1) is 6.92 Å². The summed E-state index contributed by atoms with van der Waals surface area (Å²) in [5.74, 6) is 0.105. The molecular weight excluding hydrogens is 210 g/mol. The van der Waals surface area contributed by atoms with Crippen LogP contribution in [-0.2, 0) is 0 Å². The highest BCUT2D eigenvalue weighted by Crippen LogP contribution is 2.11. The van der Waals surface area contributed by atoms with E-state index in [0.29, 0.717) is 0 Å². The molecule has 1 aromatic carbocycles. The molecule has 1 fully saturated rings. The van der Waals surface area contributed by atoms with E-state index in [1.165, 1.54) is 19.3 Å². The first-order valence-corrected chi connectivity index (χ1v) is 6.29. The van der Waals surface area contributed by atoms with E-state index in [2.05, 4.69) is 4.90 Å². The molecule has 1 heterocycles. The summed E-state index contributed by atoms with van der Waals surface area (Å²) in [6.07, 6.45) is 7.45. The third kappa shape index (κ3) is 3.19. The fourth-order valence-electron chi connectivity index (χ4n) is 2.18. The minimum Gasteiger partial charge on any atom is -0.377 e. The van der Waals surface area contributed by atoms with Crippen molar-refractivity contribution < 1.29 is 4.79 Å². The van der Waals surface area contributed by atoms with Gasteiger partial charge in [-0.15, -0.1) is 0 Å². The largest absolute Gasteiger partial charge is 0.377 e. The van der Waals surface area contributed by atoms with E-state index < -0.39 is 0 Å². The Morgan fingerprint density at radius 3 is 2.59 bits per heavy atom. The molecule has 2 heteroatoms. The van der Waals surface area contributed by atoms with Gasteiger partial charge in [0.25, 0.3) is 0 Å². The van der Waals surface area contributed by atoms with Crippen molar-refractivity contribution in [2.45, 2.75) is 26.2 Å². The van der Waals surface area contributed by atoms with Crippen molar-refractivity contribution in [2.75, 3.05) is 13.1 Å². The molecule has 90 valence electrons. The molecule has 0 unspecified atom stereocenters. The van der Waals surface area contributed by atoms with Gasteiger partial charge in [0, 0.05) is 30.9 Å². The molecule has 0 N–H and O–H groups in total. The molecule has 0 amide bonds. The van der Waals surface area contributed by atoms with Crippen LogP contribution in [0.2, 0.25) is 0 Å². The fraction of sp³-hybridized carbons (Fsp3) is 0.400. The Balaban J connectivity index is 2.01. The van der Waals surface area contributed by atoms with E-state index in [1.54, 1.807) is 6.08 Å². The summed E-state index contributed by atoms with van der Waals surface area (Å²) in [6.45, 7) is 4.14. The first kappa shape index (κ1) is 11.9. The molecule has 1 aliphatic rings. The van der Waals surface area contributed by atoms with Gasteiger partial charge in [-0.1, -0.05) is 24.3 Å². The second-order valence-electron chi connectivity index (χ2n) is 4.59. The minimum absolute atomic E-state index is 0.105. The van der Waals surface area contributed by atoms with Gasteiger partial charge in [0.05, 0.1) is 0 Å². The lowest BCUT2D eigenvalue weighted by Gasteiger charge is -2.24. The summed E-state index contributed by atoms with van der Waals surface area (Å²) < 4.78 is 0.